The Morgan fingerprint density at radius 2 is 1.49 bits per heavy atom. The Morgan fingerprint density at radius 1 is 0.898 bits per heavy atom. The van der Waals surface area contributed by atoms with Crippen LogP contribution < -0.4 is 26.0 Å². The molecule has 1 aromatic heterocycles. The summed E-state index contributed by atoms with van der Waals surface area (Å²) in [5.41, 5.74) is -0.178. The molecule has 0 radical (unpaired) electrons. The van der Waals surface area contributed by atoms with E-state index in [9.17, 15) is 19.6 Å². The summed E-state index contributed by atoms with van der Waals surface area (Å²) < 4.78 is 48.3. The van der Waals surface area contributed by atoms with E-state index in [0.717, 1.165) is 16.7 Å². The van der Waals surface area contributed by atoms with Crippen LogP contribution in [0, 0.1) is 11.3 Å². The fraction of sp³-hybridized carbons (Fsp3) is 0.442. The quantitative estimate of drug-likeness (QED) is 0.0602. The summed E-state index contributed by atoms with van der Waals surface area (Å²) in [6, 6.07) is 28.3. The van der Waals surface area contributed by atoms with Gasteiger partial charge in [-0.3, -0.25) is 19.1 Å². The van der Waals surface area contributed by atoms with Crippen molar-refractivity contribution in [2.75, 3.05) is 41.1 Å². The lowest BCUT2D eigenvalue weighted by atomic mass is 9.80. The van der Waals surface area contributed by atoms with Gasteiger partial charge in [0.2, 0.25) is 5.91 Å². The number of ether oxygens (including phenoxy) is 5. The number of aromatic amines is 1. The maximum atomic E-state index is 13.4. The number of methoxy groups -OCH3 is 2. The number of nitriles is 1. The Balaban J connectivity index is 1.68. The SMILES string of the molecule is CNC(=O)CCO[C@@H]1[C@H](OP(OCCC#N)N(C(C)C)C(C)C)[C@@H](COC(c2ccccc2)(c2ccc(OC)cc2)c2ccc(OC)cc2)O[C@H]1n1ccc(=O)[nH]c1=O. The van der Waals surface area contributed by atoms with E-state index < -0.39 is 49.9 Å². The van der Waals surface area contributed by atoms with Crippen molar-refractivity contribution in [1.29, 1.82) is 5.26 Å². The van der Waals surface area contributed by atoms with E-state index in [4.69, 9.17) is 32.7 Å². The number of amides is 1. The first-order valence-electron chi connectivity index (χ1n) is 19.5. The predicted octanol–water partition coefficient (Wildman–Crippen LogP) is 5.64. The minimum atomic E-state index is -1.88. The minimum absolute atomic E-state index is 0.0116. The first-order chi connectivity index (χ1) is 28.5. The van der Waals surface area contributed by atoms with Crippen LogP contribution in [0.1, 0.15) is 63.5 Å². The largest absolute Gasteiger partial charge is 0.497 e. The van der Waals surface area contributed by atoms with Crippen LogP contribution in [0.5, 0.6) is 11.5 Å². The second-order valence-corrected chi connectivity index (χ2v) is 15.7. The third-order valence-corrected chi connectivity index (χ3v) is 12.0. The number of carbonyl (C=O) groups excluding carboxylic acids is 1. The zero-order valence-electron chi connectivity index (χ0n) is 34.5. The molecule has 16 heteroatoms. The summed E-state index contributed by atoms with van der Waals surface area (Å²) in [5, 5.41) is 12.0. The topological polar surface area (TPSA) is 176 Å². The van der Waals surface area contributed by atoms with Crippen LogP contribution in [0.15, 0.2) is 101 Å². The summed E-state index contributed by atoms with van der Waals surface area (Å²) in [4.78, 5) is 40.4. The van der Waals surface area contributed by atoms with Crippen LogP contribution >= 0.6 is 8.53 Å². The lowest BCUT2D eigenvalue weighted by Gasteiger charge is -2.39. The molecular formula is C43H54N5O10P. The average Bonchev–Trinajstić information content (AvgIpc) is 3.57. The lowest BCUT2D eigenvalue weighted by molar-refractivity contribution is -0.124. The Labute approximate surface area is 346 Å². The van der Waals surface area contributed by atoms with E-state index in [2.05, 4.69) is 21.0 Å². The molecule has 0 aliphatic carbocycles. The van der Waals surface area contributed by atoms with E-state index >= 15 is 0 Å². The third-order valence-electron chi connectivity index (χ3n) is 9.84. The highest BCUT2D eigenvalue weighted by atomic mass is 31.2. The van der Waals surface area contributed by atoms with Crippen molar-refractivity contribution >= 4 is 14.4 Å². The molecule has 5 atom stereocenters. The fourth-order valence-electron chi connectivity index (χ4n) is 7.09. The Morgan fingerprint density at radius 3 is 2.02 bits per heavy atom. The van der Waals surface area contributed by atoms with E-state index in [-0.39, 0.29) is 50.7 Å². The first kappa shape index (κ1) is 45.2. The second-order valence-electron chi connectivity index (χ2n) is 14.3. The highest BCUT2D eigenvalue weighted by Gasteiger charge is 2.51. The van der Waals surface area contributed by atoms with Gasteiger partial charge >= 0.3 is 5.69 Å². The van der Waals surface area contributed by atoms with Crippen molar-refractivity contribution in [3.63, 3.8) is 0 Å². The third kappa shape index (κ3) is 10.8. The van der Waals surface area contributed by atoms with E-state index in [0.29, 0.717) is 11.5 Å². The highest BCUT2D eigenvalue weighted by Crippen LogP contribution is 2.51. The van der Waals surface area contributed by atoms with Crippen molar-refractivity contribution in [2.45, 2.75) is 82.8 Å². The molecule has 0 saturated carbocycles. The molecule has 1 aliphatic rings. The Bertz CT molecular complexity index is 2030. The molecule has 1 amide bonds. The van der Waals surface area contributed by atoms with Gasteiger partial charge in [-0.2, -0.15) is 5.26 Å². The van der Waals surface area contributed by atoms with Crippen LogP contribution in [0.3, 0.4) is 0 Å². The van der Waals surface area contributed by atoms with Crippen LogP contribution in [0.4, 0.5) is 0 Å². The molecule has 1 aliphatic heterocycles. The molecule has 4 aromatic rings. The van der Waals surface area contributed by atoms with Gasteiger partial charge in [-0.25, -0.2) is 9.46 Å². The number of carbonyl (C=O) groups is 1. The molecular weight excluding hydrogens is 777 g/mol. The van der Waals surface area contributed by atoms with Crippen molar-refractivity contribution < 1.29 is 37.5 Å². The maximum absolute atomic E-state index is 13.4. The molecule has 2 N–H and O–H groups in total. The van der Waals surface area contributed by atoms with Crippen LogP contribution in [-0.2, 0) is 33.7 Å². The van der Waals surface area contributed by atoms with Crippen molar-refractivity contribution in [3.8, 4) is 17.6 Å². The van der Waals surface area contributed by atoms with Gasteiger partial charge in [-0.1, -0.05) is 54.6 Å². The Hall–Kier alpha value is -4.91. The van der Waals surface area contributed by atoms with Gasteiger partial charge in [0.15, 0.2) is 6.23 Å². The molecule has 1 saturated heterocycles. The molecule has 0 spiro atoms. The zero-order valence-corrected chi connectivity index (χ0v) is 35.4. The number of nitrogens with one attached hydrogen (secondary N) is 2. The van der Waals surface area contributed by atoms with Gasteiger partial charge in [0.05, 0.1) is 46.5 Å². The number of hydrogen-bond donors (Lipinski definition) is 2. The molecule has 59 heavy (non-hydrogen) atoms. The van der Waals surface area contributed by atoms with Gasteiger partial charge in [0.25, 0.3) is 14.1 Å². The second kappa shape index (κ2) is 21.4. The van der Waals surface area contributed by atoms with Gasteiger partial charge < -0.3 is 38.0 Å². The normalized spacial score (nSPS) is 18.5. The molecule has 0 bridgehead atoms. The monoisotopic (exact) mass is 831 g/mol. The van der Waals surface area contributed by atoms with Gasteiger partial charge in [0, 0.05) is 37.8 Å². The van der Waals surface area contributed by atoms with E-state index in [1.54, 1.807) is 14.2 Å². The standard InChI is InChI=1S/C43H54N5O10P/c1-29(2)48(30(3)4)59(56-26-11-24-44)58-39-36(57-41(40(39)54-27-23-37(49)45-5)47-25-22-38(50)46-42(47)51)28-55-43(31-12-9-8-10-13-31,32-14-18-34(52-6)19-15-32)33-16-20-35(53-7)21-17-33/h8-10,12-22,25,29-30,36,39-41H,11,23,26-28H2,1-7H3,(H,45,49)(H,46,50,51)/t36-,39-,40-,41-,59?/m1/s1. The van der Waals surface area contributed by atoms with Crippen molar-refractivity contribution in [1.82, 2.24) is 19.5 Å². The van der Waals surface area contributed by atoms with Crippen molar-refractivity contribution in [2.24, 2.45) is 0 Å². The smallest absolute Gasteiger partial charge is 0.330 e. The number of aromatic nitrogens is 2. The number of H-pyrrole nitrogens is 1. The molecule has 5 rings (SSSR count). The van der Waals surface area contributed by atoms with Crippen molar-refractivity contribution in [3.05, 3.63) is 129 Å². The summed E-state index contributed by atoms with van der Waals surface area (Å²) >= 11 is 0. The van der Waals surface area contributed by atoms with Crippen LogP contribution in [0.25, 0.3) is 0 Å². The molecule has 3 aromatic carbocycles. The van der Waals surface area contributed by atoms with Crippen LogP contribution in [-0.4, -0.2) is 91.6 Å². The summed E-state index contributed by atoms with van der Waals surface area (Å²) in [6.45, 7) is 8.03. The van der Waals surface area contributed by atoms with Gasteiger partial charge in [-0.05, 0) is 68.7 Å². The number of nitrogens with zero attached hydrogens (tertiary/aromatic N) is 3. The number of rotatable bonds is 21. The molecule has 1 fully saturated rings. The Kier molecular flexibility index (Phi) is 16.4. The molecule has 316 valence electrons. The highest BCUT2D eigenvalue weighted by molar-refractivity contribution is 7.44. The van der Waals surface area contributed by atoms with E-state index in [1.165, 1.54) is 23.9 Å². The summed E-state index contributed by atoms with van der Waals surface area (Å²) in [7, 11) is 2.86. The number of benzene rings is 3. The lowest BCUT2D eigenvalue weighted by Crippen LogP contribution is -2.43. The summed E-state index contributed by atoms with van der Waals surface area (Å²) in [6.07, 6.45) is -2.59. The fourth-order valence-corrected chi connectivity index (χ4v) is 8.86. The minimum Gasteiger partial charge on any atom is -0.497 e. The van der Waals surface area contributed by atoms with Crippen LogP contribution in [0.2, 0.25) is 0 Å². The van der Waals surface area contributed by atoms with E-state index in [1.807, 2.05) is 107 Å². The van der Waals surface area contributed by atoms with Gasteiger partial charge in [0.1, 0.15) is 35.4 Å². The zero-order chi connectivity index (χ0) is 42.5. The number of hydrogen-bond acceptors (Lipinski definition) is 12. The molecule has 1 unspecified atom stereocenters. The average molecular weight is 832 g/mol. The first-order valence-corrected chi connectivity index (χ1v) is 20.6. The molecule has 15 nitrogen and oxygen atoms in total. The maximum Gasteiger partial charge on any atom is 0.330 e. The predicted molar refractivity (Wildman–Crippen MR) is 222 cm³/mol. The van der Waals surface area contributed by atoms with Gasteiger partial charge in [-0.15, -0.1) is 0 Å². The molecule has 2 heterocycles. The summed E-state index contributed by atoms with van der Waals surface area (Å²) in [5.74, 6) is 1.07.